The van der Waals surface area contributed by atoms with E-state index in [0.29, 0.717) is 23.8 Å². The van der Waals surface area contributed by atoms with E-state index in [1.165, 1.54) is 0 Å². The lowest BCUT2D eigenvalue weighted by Gasteiger charge is -2.15. The molecule has 0 radical (unpaired) electrons. The fourth-order valence-corrected chi connectivity index (χ4v) is 2.58. The van der Waals surface area contributed by atoms with Crippen LogP contribution in [-0.2, 0) is 0 Å². The quantitative estimate of drug-likeness (QED) is 0.847. The Kier molecular flexibility index (Phi) is 3.95. The van der Waals surface area contributed by atoms with Crippen molar-refractivity contribution >= 4 is 23.2 Å². The fourth-order valence-electron chi connectivity index (χ4n) is 1.97. The molecule has 0 heterocycles. The molecule has 1 fully saturated rings. The highest BCUT2D eigenvalue weighted by Crippen LogP contribution is 2.31. The van der Waals surface area contributed by atoms with Crippen molar-refractivity contribution in [1.29, 1.82) is 0 Å². The van der Waals surface area contributed by atoms with Crippen LogP contribution in [0.4, 0.5) is 0 Å². The third-order valence-electron chi connectivity index (χ3n) is 2.89. The summed E-state index contributed by atoms with van der Waals surface area (Å²) in [5, 5.41) is 10.4. The Morgan fingerprint density at radius 2 is 2.06 bits per heavy atom. The van der Waals surface area contributed by atoms with Crippen LogP contribution in [0.5, 0.6) is 5.75 Å². The predicted molar refractivity (Wildman–Crippen MR) is 65.3 cm³/mol. The lowest BCUT2D eigenvalue weighted by atomic mass is 10.1. The van der Waals surface area contributed by atoms with Crippen LogP contribution in [0.2, 0.25) is 5.02 Å². The summed E-state index contributed by atoms with van der Waals surface area (Å²) in [6.07, 6.45) is 1.09. The first kappa shape index (κ1) is 12.0. The van der Waals surface area contributed by atoms with Gasteiger partial charge in [0.05, 0.1) is 17.7 Å². The van der Waals surface area contributed by atoms with Gasteiger partial charge in [0.15, 0.2) is 0 Å². The van der Waals surface area contributed by atoms with E-state index < -0.39 is 0 Å². The maximum absolute atomic E-state index is 9.71. The van der Waals surface area contributed by atoms with E-state index in [-0.39, 0.29) is 17.4 Å². The van der Waals surface area contributed by atoms with Crippen LogP contribution in [0.1, 0.15) is 12.8 Å². The number of para-hydroxylation sites is 1. The molecule has 1 aliphatic carbocycles. The molecule has 2 nitrogen and oxygen atoms in total. The second kappa shape index (κ2) is 5.26. The number of hydrogen-bond acceptors (Lipinski definition) is 2. The maximum Gasteiger partial charge on any atom is 0.137 e. The summed E-state index contributed by atoms with van der Waals surface area (Å²) in [5.74, 6) is 0.771. The van der Waals surface area contributed by atoms with Crippen LogP contribution in [-0.4, -0.2) is 23.2 Å². The van der Waals surface area contributed by atoms with Gasteiger partial charge in [0.2, 0.25) is 0 Å². The smallest absolute Gasteiger partial charge is 0.137 e. The summed E-state index contributed by atoms with van der Waals surface area (Å²) in [4.78, 5) is 0. The van der Waals surface area contributed by atoms with Crippen LogP contribution in [0.3, 0.4) is 0 Å². The number of alkyl halides is 1. The van der Waals surface area contributed by atoms with Crippen molar-refractivity contribution in [2.75, 3.05) is 6.61 Å². The lowest BCUT2D eigenvalue weighted by molar-refractivity contribution is 0.0986. The first-order valence-electron chi connectivity index (χ1n) is 5.36. The topological polar surface area (TPSA) is 29.5 Å². The molecule has 4 heteroatoms. The minimum absolute atomic E-state index is 0.0647. The van der Waals surface area contributed by atoms with Crippen LogP contribution in [0, 0.1) is 5.92 Å². The second-order valence-corrected chi connectivity index (χ2v) is 5.16. The van der Waals surface area contributed by atoms with Crippen LogP contribution < -0.4 is 4.74 Å². The Labute approximate surface area is 105 Å². The normalized spacial score (nSPS) is 29.3. The number of benzene rings is 1. The van der Waals surface area contributed by atoms with Crippen LogP contribution in [0.25, 0.3) is 0 Å². The molecule has 1 saturated carbocycles. The summed E-state index contributed by atoms with van der Waals surface area (Å²) in [6.45, 7) is 0.466. The zero-order valence-electron chi connectivity index (χ0n) is 8.77. The molecule has 0 aliphatic heterocycles. The number of hydrogen-bond donors (Lipinski definition) is 1. The van der Waals surface area contributed by atoms with Gasteiger partial charge in [-0.3, -0.25) is 0 Å². The highest BCUT2D eigenvalue weighted by molar-refractivity contribution is 6.32. The number of ether oxygens (including phenoxy) is 1. The maximum atomic E-state index is 9.71. The average molecular weight is 261 g/mol. The van der Waals surface area contributed by atoms with Crippen molar-refractivity contribution in [3.8, 4) is 5.75 Å². The summed E-state index contributed by atoms with van der Waals surface area (Å²) in [5.41, 5.74) is 0. The SMILES string of the molecule is O[C@@H]1C[C@@H](Cl)C[C@H]1COc1ccccc1Cl. The summed E-state index contributed by atoms with van der Waals surface area (Å²) >= 11 is 11.9. The number of aliphatic hydroxyl groups is 1. The lowest BCUT2D eigenvalue weighted by Crippen LogP contribution is -2.20. The third kappa shape index (κ3) is 2.82. The van der Waals surface area contributed by atoms with Gasteiger partial charge in [-0.25, -0.2) is 0 Å². The molecule has 1 aromatic rings. The third-order valence-corrected chi connectivity index (χ3v) is 3.56. The van der Waals surface area contributed by atoms with E-state index in [9.17, 15) is 5.11 Å². The van der Waals surface area contributed by atoms with Gasteiger partial charge in [0.1, 0.15) is 5.75 Å². The monoisotopic (exact) mass is 260 g/mol. The first-order valence-corrected chi connectivity index (χ1v) is 6.17. The predicted octanol–water partition coefficient (Wildman–Crippen LogP) is 3.10. The Balaban J connectivity index is 1.90. The highest BCUT2D eigenvalue weighted by atomic mass is 35.5. The van der Waals surface area contributed by atoms with E-state index in [1.807, 2.05) is 18.2 Å². The summed E-state index contributed by atoms with van der Waals surface area (Å²) in [7, 11) is 0. The van der Waals surface area contributed by atoms with Crippen molar-refractivity contribution in [2.24, 2.45) is 5.92 Å². The first-order chi connectivity index (χ1) is 7.66. The molecule has 0 bridgehead atoms. The molecule has 2 rings (SSSR count). The van der Waals surface area contributed by atoms with Crippen LogP contribution >= 0.6 is 23.2 Å². The van der Waals surface area contributed by atoms with Gasteiger partial charge in [0.25, 0.3) is 0 Å². The van der Waals surface area contributed by atoms with Crippen molar-refractivity contribution in [3.63, 3.8) is 0 Å². The molecule has 0 aromatic heterocycles. The van der Waals surface area contributed by atoms with Crippen molar-refractivity contribution in [1.82, 2.24) is 0 Å². The average Bonchev–Trinajstić information content (AvgIpc) is 2.56. The zero-order chi connectivity index (χ0) is 11.5. The molecule has 0 spiro atoms. The fraction of sp³-hybridized carbons (Fsp3) is 0.500. The minimum Gasteiger partial charge on any atom is -0.492 e. The second-order valence-electron chi connectivity index (χ2n) is 4.14. The van der Waals surface area contributed by atoms with Gasteiger partial charge in [-0.2, -0.15) is 0 Å². The van der Waals surface area contributed by atoms with Crippen LogP contribution in [0.15, 0.2) is 24.3 Å². The molecule has 0 unspecified atom stereocenters. The van der Waals surface area contributed by atoms with Gasteiger partial charge >= 0.3 is 0 Å². The molecule has 0 saturated heterocycles. The Morgan fingerprint density at radius 1 is 1.31 bits per heavy atom. The van der Waals surface area contributed by atoms with E-state index >= 15 is 0 Å². The van der Waals surface area contributed by atoms with Gasteiger partial charge in [-0.15, -0.1) is 11.6 Å². The largest absolute Gasteiger partial charge is 0.492 e. The molecule has 1 N–H and O–H groups in total. The van der Waals surface area contributed by atoms with Crippen molar-refractivity contribution < 1.29 is 9.84 Å². The standard InChI is InChI=1S/C12H14Cl2O2/c13-9-5-8(11(15)6-9)7-16-12-4-2-1-3-10(12)14/h1-4,8-9,11,15H,5-7H2/t8-,9-,11+/m0/s1. The molecule has 1 aliphatic rings. The molecule has 0 amide bonds. The number of rotatable bonds is 3. The Hall–Kier alpha value is -0.440. The van der Waals surface area contributed by atoms with E-state index in [1.54, 1.807) is 6.07 Å². The Bertz CT molecular complexity index is 357. The molecular weight excluding hydrogens is 247 g/mol. The van der Waals surface area contributed by atoms with Gasteiger partial charge in [-0.05, 0) is 25.0 Å². The molecule has 16 heavy (non-hydrogen) atoms. The van der Waals surface area contributed by atoms with E-state index in [0.717, 1.165) is 6.42 Å². The summed E-state index contributed by atoms with van der Waals surface area (Å²) < 4.78 is 5.59. The molecular formula is C12H14Cl2O2. The van der Waals surface area contributed by atoms with Gasteiger partial charge < -0.3 is 9.84 Å². The Morgan fingerprint density at radius 3 is 2.69 bits per heavy atom. The molecule has 1 aromatic carbocycles. The number of halogens is 2. The summed E-state index contributed by atoms with van der Waals surface area (Å²) in [6, 6.07) is 7.33. The zero-order valence-corrected chi connectivity index (χ0v) is 10.3. The minimum atomic E-state index is -0.356. The van der Waals surface area contributed by atoms with E-state index in [2.05, 4.69) is 0 Å². The van der Waals surface area contributed by atoms with Gasteiger partial charge in [-0.1, -0.05) is 23.7 Å². The highest BCUT2D eigenvalue weighted by Gasteiger charge is 2.32. The van der Waals surface area contributed by atoms with Gasteiger partial charge in [0, 0.05) is 11.3 Å². The number of aliphatic hydroxyl groups excluding tert-OH is 1. The van der Waals surface area contributed by atoms with Crippen molar-refractivity contribution in [2.45, 2.75) is 24.3 Å². The van der Waals surface area contributed by atoms with Crippen molar-refractivity contribution in [3.05, 3.63) is 29.3 Å². The molecule has 3 atom stereocenters. The molecule has 88 valence electrons. The van der Waals surface area contributed by atoms with E-state index in [4.69, 9.17) is 27.9 Å².